The Hall–Kier alpha value is -3.63. The van der Waals surface area contributed by atoms with Crippen molar-refractivity contribution in [1.29, 1.82) is 0 Å². The number of hydrogen-bond donors (Lipinski definition) is 2. The van der Waals surface area contributed by atoms with Crippen LogP contribution in [0.25, 0.3) is 0 Å². The summed E-state index contributed by atoms with van der Waals surface area (Å²) in [5.74, 6) is -1.44. The van der Waals surface area contributed by atoms with Crippen molar-refractivity contribution in [3.63, 3.8) is 0 Å². The quantitative estimate of drug-likeness (QED) is 0.291. The molecule has 36 heavy (non-hydrogen) atoms. The van der Waals surface area contributed by atoms with Crippen LogP contribution in [-0.4, -0.2) is 32.5 Å². The van der Waals surface area contributed by atoms with Gasteiger partial charge in [-0.15, -0.1) is 0 Å². The summed E-state index contributed by atoms with van der Waals surface area (Å²) in [5, 5.41) is 10.3. The van der Waals surface area contributed by atoms with Gasteiger partial charge in [0, 0.05) is 6.92 Å². The average Bonchev–Trinajstić information content (AvgIpc) is 3.08. The molecule has 2 aromatic carbocycles. The molecule has 0 unspecified atom stereocenters. The highest BCUT2D eigenvalue weighted by molar-refractivity contribution is 7.92. The Kier molecular flexibility index (Phi) is 6.22. The van der Waals surface area contributed by atoms with E-state index in [-0.39, 0.29) is 49.4 Å². The van der Waals surface area contributed by atoms with Gasteiger partial charge in [-0.3, -0.25) is 19.5 Å². The molecule has 0 saturated heterocycles. The maximum Gasteiger partial charge on any atom is 0.416 e. The minimum Gasteiger partial charge on any atom is -0.445 e. The Bertz CT molecular complexity index is 1510. The number of benzene rings is 2. The Morgan fingerprint density at radius 1 is 0.972 bits per heavy atom. The van der Waals surface area contributed by atoms with E-state index >= 15 is 0 Å². The first-order chi connectivity index (χ1) is 16.8. The molecule has 0 saturated carbocycles. The SMILES string of the molecule is COc1ccc(N2C(=O)c3c(Cl)ccc(NS(=O)(=O)c4ccc(C(C)(C)C)cc4)c3C2=O)c(C)[n+]1O. The number of ether oxygens (including phenoxy) is 1. The third-order valence-electron chi connectivity index (χ3n) is 5.99. The third-order valence-corrected chi connectivity index (χ3v) is 7.69. The Morgan fingerprint density at radius 2 is 1.58 bits per heavy atom. The van der Waals surface area contributed by atoms with Crippen LogP contribution in [-0.2, 0) is 15.4 Å². The lowest BCUT2D eigenvalue weighted by Crippen LogP contribution is -2.39. The molecule has 0 aliphatic carbocycles. The number of fused-ring (bicyclic) bond motifs is 1. The van der Waals surface area contributed by atoms with Gasteiger partial charge in [-0.25, -0.2) is 13.3 Å². The van der Waals surface area contributed by atoms with E-state index < -0.39 is 21.8 Å². The predicted octanol–water partition coefficient (Wildman–Crippen LogP) is 4.08. The van der Waals surface area contributed by atoms with Gasteiger partial charge in [-0.05, 0) is 41.3 Å². The largest absolute Gasteiger partial charge is 0.445 e. The van der Waals surface area contributed by atoms with Crippen LogP contribution in [0.4, 0.5) is 11.4 Å². The van der Waals surface area contributed by atoms with Gasteiger partial charge >= 0.3 is 5.88 Å². The van der Waals surface area contributed by atoms with Crippen LogP contribution in [0, 0.1) is 6.92 Å². The van der Waals surface area contributed by atoms with Gasteiger partial charge in [-0.2, -0.15) is 0 Å². The van der Waals surface area contributed by atoms with E-state index in [2.05, 4.69) is 4.72 Å². The molecule has 9 nitrogen and oxygen atoms in total. The van der Waals surface area contributed by atoms with E-state index in [0.717, 1.165) is 10.5 Å². The lowest BCUT2D eigenvalue weighted by atomic mass is 9.87. The van der Waals surface area contributed by atoms with Crippen LogP contribution < -0.4 is 19.1 Å². The second-order valence-electron chi connectivity index (χ2n) is 9.33. The van der Waals surface area contributed by atoms with E-state index in [9.17, 15) is 23.2 Å². The van der Waals surface area contributed by atoms with Crippen molar-refractivity contribution in [3.05, 3.63) is 75.9 Å². The zero-order valence-corrected chi connectivity index (χ0v) is 21.9. The first-order valence-electron chi connectivity index (χ1n) is 10.9. The molecule has 1 aliphatic rings. The van der Waals surface area contributed by atoms with Crippen molar-refractivity contribution in [1.82, 2.24) is 0 Å². The van der Waals surface area contributed by atoms with Gasteiger partial charge in [0.2, 0.25) is 0 Å². The second kappa shape index (κ2) is 8.79. The number of nitrogens with one attached hydrogen (secondary N) is 1. The Balaban J connectivity index is 1.76. The van der Waals surface area contributed by atoms with Crippen LogP contribution in [0.2, 0.25) is 5.02 Å². The number of halogens is 1. The summed E-state index contributed by atoms with van der Waals surface area (Å²) in [6.45, 7) is 7.54. The Morgan fingerprint density at radius 3 is 2.17 bits per heavy atom. The van der Waals surface area contributed by atoms with Crippen molar-refractivity contribution in [2.45, 2.75) is 38.0 Å². The van der Waals surface area contributed by atoms with E-state index in [0.29, 0.717) is 4.73 Å². The number of sulfonamides is 1. The summed E-state index contributed by atoms with van der Waals surface area (Å²) in [6.07, 6.45) is 0. The second-order valence-corrected chi connectivity index (χ2v) is 11.4. The summed E-state index contributed by atoms with van der Waals surface area (Å²) in [7, 11) is -2.73. The first-order valence-corrected chi connectivity index (χ1v) is 12.8. The molecule has 2 N–H and O–H groups in total. The van der Waals surface area contributed by atoms with Crippen molar-refractivity contribution >= 4 is 44.8 Å². The Labute approximate surface area is 213 Å². The summed E-state index contributed by atoms with van der Waals surface area (Å²) < 4.78 is 34.5. The monoisotopic (exact) mass is 530 g/mol. The van der Waals surface area contributed by atoms with Crippen LogP contribution >= 0.6 is 11.6 Å². The highest BCUT2D eigenvalue weighted by atomic mass is 35.5. The van der Waals surface area contributed by atoms with Crippen molar-refractivity contribution in [2.75, 3.05) is 16.7 Å². The standard InChI is InChI=1S/C25H24ClN3O6S/c1-14-19(12-13-20(35-5)29(14)32)28-23(30)21-17(26)10-11-18(22(21)24(28)31)27-36(33,34)16-8-6-15(7-9-16)25(2,3)4/h6-13H,1-5H3,(H-,27,31,32)/p+1. The molecule has 4 rings (SSSR count). The van der Waals surface area contributed by atoms with Crippen molar-refractivity contribution in [2.24, 2.45) is 0 Å². The number of rotatable bonds is 5. The summed E-state index contributed by atoms with van der Waals surface area (Å²) >= 11 is 6.27. The highest BCUT2D eigenvalue weighted by Gasteiger charge is 2.43. The molecule has 0 atom stereocenters. The lowest BCUT2D eigenvalue weighted by molar-refractivity contribution is -0.909. The average molecular weight is 531 g/mol. The molecular weight excluding hydrogens is 506 g/mol. The number of amides is 2. The van der Waals surface area contributed by atoms with Crippen LogP contribution in [0.15, 0.2) is 53.4 Å². The van der Waals surface area contributed by atoms with Gasteiger partial charge < -0.3 is 4.74 Å². The molecule has 0 bridgehead atoms. The van der Waals surface area contributed by atoms with Gasteiger partial charge in [-0.1, -0.05) is 44.5 Å². The number of pyridine rings is 1. The number of carbonyl (C=O) groups is 2. The number of carbonyl (C=O) groups excluding carboxylic acids is 2. The fourth-order valence-electron chi connectivity index (χ4n) is 3.97. The zero-order valence-electron chi connectivity index (χ0n) is 20.3. The number of nitrogens with zero attached hydrogens (tertiary/aromatic N) is 2. The lowest BCUT2D eigenvalue weighted by Gasteiger charge is -2.19. The molecule has 1 aromatic heterocycles. The fourth-order valence-corrected chi connectivity index (χ4v) is 5.28. The summed E-state index contributed by atoms with van der Waals surface area (Å²) in [4.78, 5) is 27.6. The first kappa shape index (κ1) is 25.5. The minimum atomic E-state index is -4.09. The summed E-state index contributed by atoms with van der Waals surface area (Å²) in [5.41, 5.74) is 0.647. The van der Waals surface area contributed by atoms with Crippen molar-refractivity contribution < 1.29 is 32.7 Å². The molecule has 2 amide bonds. The van der Waals surface area contributed by atoms with Gasteiger partial charge in [0.25, 0.3) is 27.5 Å². The third kappa shape index (κ3) is 4.16. The number of anilines is 2. The molecule has 0 radical (unpaired) electrons. The maximum absolute atomic E-state index is 13.5. The number of aromatic nitrogens is 1. The van der Waals surface area contributed by atoms with Crippen LogP contribution in [0.1, 0.15) is 52.7 Å². The summed E-state index contributed by atoms with van der Waals surface area (Å²) in [6, 6.07) is 11.9. The van der Waals surface area contributed by atoms with Gasteiger partial charge in [0.15, 0.2) is 0 Å². The molecule has 1 aliphatic heterocycles. The van der Waals surface area contributed by atoms with Crippen LogP contribution in [0.3, 0.4) is 0 Å². The molecule has 2 heterocycles. The normalized spacial score (nSPS) is 13.7. The number of hydrogen-bond acceptors (Lipinski definition) is 6. The van der Waals surface area contributed by atoms with E-state index in [1.165, 1.54) is 50.4 Å². The van der Waals surface area contributed by atoms with E-state index in [1.54, 1.807) is 12.1 Å². The zero-order chi connectivity index (χ0) is 26.6. The van der Waals surface area contributed by atoms with Gasteiger partial charge in [0.1, 0.15) is 5.69 Å². The number of methoxy groups -OCH3 is 1. The predicted molar refractivity (Wildman–Crippen MR) is 134 cm³/mol. The van der Waals surface area contributed by atoms with Gasteiger partial charge in [0.05, 0.1) is 44.6 Å². The topological polar surface area (TPSA) is 117 Å². The number of imide groups is 1. The molecular formula is C25H25ClN3O6S+. The van der Waals surface area contributed by atoms with E-state index in [4.69, 9.17) is 16.3 Å². The smallest absolute Gasteiger partial charge is 0.416 e. The molecule has 0 spiro atoms. The molecule has 3 aromatic rings. The fraction of sp³-hybridized carbons (Fsp3) is 0.240. The molecule has 11 heteroatoms. The van der Waals surface area contributed by atoms with Crippen LogP contribution in [0.5, 0.6) is 5.88 Å². The molecule has 188 valence electrons. The van der Waals surface area contributed by atoms with E-state index in [1.807, 2.05) is 20.8 Å². The maximum atomic E-state index is 13.5. The minimum absolute atomic E-state index is 0.000139. The van der Waals surface area contributed by atoms with Crippen molar-refractivity contribution in [3.8, 4) is 5.88 Å². The molecule has 0 fully saturated rings. The highest BCUT2D eigenvalue weighted by Crippen LogP contribution is 2.38.